The van der Waals surface area contributed by atoms with Gasteiger partial charge in [-0.2, -0.15) is 5.10 Å². The van der Waals surface area contributed by atoms with Gasteiger partial charge in [-0.3, -0.25) is 9.59 Å². The molecule has 10 heteroatoms. The maximum absolute atomic E-state index is 13.0. The summed E-state index contributed by atoms with van der Waals surface area (Å²) in [6.45, 7) is 6.55. The second-order valence-corrected chi connectivity index (χ2v) is 6.78. The van der Waals surface area contributed by atoms with Crippen molar-refractivity contribution in [2.45, 2.75) is 26.8 Å². The summed E-state index contributed by atoms with van der Waals surface area (Å²) >= 11 is 0. The molecule has 0 saturated heterocycles. The number of aryl methyl sites for hydroxylation is 1. The molecular weight excluding hydrogens is 427 g/mol. The van der Waals surface area contributed by atoms with Crippen LogP contribution in [0.2, 0.25) is 0 Å². The number of hydrogen-bond donors (Lipinski definition) is 3. The topological polar surface area (TPSA) is 115 Å². The van der Waals surface area contributed by atoms with Crippen molar-refractivity contribution in [2.24, 2.45) is 5.73 Å². The second kappa shape index (κ2) is 10.9. The predicted octanol–water partition coefficient (Wildman–Crippen LogP) is 3.11. The molecule has 0 spiro atoms. The number of anilines is 1. The van der Waals surface area contributed by atoms with Crippen LogP contribution in [0, 0.1) is 6.92 Å². The molecule has 2 heterocycles. The number of fused-ring (bicyclic) bond motifs is 1. The van der Waals surface area contributed by atoms with Crippen LogP contribution in [0.3, 0.4) is 0 Å². The minimum Gasteiger partial charge on any atom is -0.351 e. The molecule has 0 atom stereocenters. The van der Waals surface area contributed by atoms with E-state index in [1.54, 1.807) is 41.2 Å². The number of halogens is 2. The third-order valence-electron chi connectivity index (χ3n) is 4.28. The van der Waals surface area contributed by atoms with Crippen molar-refractivity contribution < 1.29 is 9.59 Å². The van der Waals surface area contributed by atoms with Gasteiger partial charge in [-0.1, -0.05) is 12.1 Å². The van der Waals surface area contributed by atoms with Crippen molar-refractivity contribution in [3.63, 3.8) is 0 Å². The Morgan fingerprint density at radius 2 is 1.83 bits per heavy atom. The van der Waals surface area contributed by atoms with Crippen molar-refractivity contribution in [3.05, 3.63) is 53.3 Å². The summed E-state index contributed by atoms with van der Waals surface area (Å²) in [7, 11) is 0. The van der Waals surface area contributed by atoms with E-state index in [1.807, 2.05) is 20.8 Å². The van der Waals surface area contributed by atoms with E-state index in [4.69, 9.17) is 5.73 Å². The highest BCUT2D eigenvalue weighted by Gasteiger charge is 2.19. The van der Waals surface area contributed by atoms with E-state index < -0.39 is 0 Å². The summed E-state index contributed by atoms with van der Waals surface area (Å²) in [6, 6.07) is 8.70. The number of benzene rings is 1. The maximum Gasteiger partial charge on any atom is 0.256 e. The third-order valence-corrected chi connectivity index (χ3v) is 4.28. The average molecular weight is 453 g/mol. The smallest absolute Gasteiger partial charge is 0.256 e. The van der Waals surface area contributed by atoms with Gasteiger partial charge in [-0.25, -0.2) is 9.67 Å². The van der Waals surface area contributed by atoms with Crippen LogP contribution >= 0.6 is 24.8 Å². The van der Waals surface area contributed by atoms with Crippen LogP contribution in [0.1, 0.15) is 46.3 Å². The van der Waals surface area contributed by atoms with Crippen LogP contribution in [0.4, 0.5) is 5.69 Å². The molecule has 8 nitrogen and oxygen atoms in total. The molecule has 30 heavy (non-hydrogen) atoms. The summed E-state index contributed by atoms with van der Waals surface area (Å²) in [6.07, 6.45) is 1.65. The van der Waals surface area contributed by atoms with Crippen LogP contribution < -0.4 is 16.4 Å². The minimum atomic E-state index is -0.321. The van der Waals surface area contributed by atoms with Crippen LogP contribution in [-0.2, 0) is 0 Å². The highest BCUT2D eigenvalue weighted by molar-refractivity contribution is 6.14. The zero-order valence-corrected chi connectivity index (χ0v) is 18.6. The molecule has 0 radical (unpaired) electrons. The monoisotopic (exact) mass is 452 g/mol. The molecule has 2 aromatic heterocycles. The van der Waals surface area contributed by atoms with E-state index >= 15 is 0 Å². The lowest BCUT2D eigenvalue weighted by Crippen LogP contribution is -2.30. The number of aromatic nitrogens is 3. The van der Waals surface area contributed by atoms with E-state index in [9.17, 15) is 9.59 Å². The van der Waals surface area contributed by atoms with E-state index in [2.05, 4.69) is 20.7 Å². The minimum absolute atomic E-state index is 0. The molecule has 0 aliphatic carbocycles. The summed E-state index contributed by atoms with van der Waals surface area (Å²) in [5.74, 6) is -0.608. The Bertz CT molecular complexity index is 1040. The molecule has 3 rings (SSSR count). The predicted molar refractivity (Wildman–Crippen MR) is 123 cm³/mol. The van der Waals surface area contributed by atoms with Crippen molar-refractivity contribution in [3.8, 4) is 0 Å². The van der Waals surface area contributed by atoms with Gasteiger partial charge < -0.3 is 16.4 Å². The Morgan fingerprint density at radius 3 is 2.50 bits per heavy atom. The van der Waals surface area contributed by atoms with Gasteiger partial charge in [-0.05, 0) is 39.0 Å². The van der Waals surface area contributed by atoms with Gasteiger partial charge in [0.05, 0.1) is 28.4 Å². The van der Waals surface area contributed by atoms with Gasteiger partial charge in [-0.15, -0.1) is 24.8 Å². The zero-order valence-electron chi connectivity index (χ0n) is 17.0. The first-order chi connectivity index (χ1) is 13.4. The van der Waals surface area contributed by atoms with Crippen molar-refractivity contribution >= 4 is 53.3 Å². The molecule has 1 aromatic carbocycles. The van der Waals surface area contributed by atoms with E-state index in [0.717, 1.165) is 0 Å². The maximum atomic E-state index is 13.0. The Balaban J connectivity index is 0.00000225. The van der Waals surface area contributed by atoms with Crippen molar-refractivity contribution in [1.29, 1.82) is 0 Å². The number of amides is 2. The van der Waals surface area contributed by atoms with Gasteiger partial charge in [0, 0.05) is 24.8 Å². The molecule has 0 unspecified atom stereocenters. The number of nitrogens with two attached hydrogens (primary N) is 1. The number of carbonyl (C=O) groups is 2. The molecule has 0 aliphatic rings. The molecule has 3 aromatic rings. The lowest BCUT2D eigenvalue weighted by atomic mass is 10.1. The molecule has 0 bridgehead atoms. The van der Waals surface area contributed by atoms with E-state index in [-0.39, 0.29) is 42.7 Å². The third kappa shape index (κ3) is 5.27. The van der Waals surface area contributed by atoms with Gasteiger partial charge in [0.15, 0.2) is 5.65 Å². The summed E-state index contributed by atoms with van der Waals surface area (Å²) in [5, 5.41) is 10.6. The van der Waals surface area contributed by atoms with Crippen molar-refractivity contribution in [1.82, 2.24) is 20.1 Å². The molecule has 162 valence electrons. The Labute approximate surface area is 187 Å². The van der Waals surface area contributed by atoms with Crippen molar-refractivity contribution in [2.75, 3.05) is 18.4 Å². The van der Waals surface area contributed by atoms with Crippen LogP contribution in [0.25, 0.3) is 11.0 Å². The van der Waals surface area contributed by atoms with Crippen LogP contribution in [0.15, 0.2) is 36.5 Å². The van der Waals surface area contributed by atoms with Gasteiger partial charge in [0.1, 0.15) is 0 Å². The fraction of sp³-hybridized carbons (Fsp3) is 0.300. The van der Waals surface area contributed by atoms with Gasteiger partial charge in [0.25, 0.3) is 11.8 Å². The molecule has 0 fully saturated rings. The molecule has 0 saturated carbocycles. The first-order valence-corrected chi connectivity index (χ1v) is 9.16. The number of pyridine rings is 1. The molecular formula is C20H26Cl2N6O2. The standard InChI is InChI=1S/C20H24N6O2.2ClH/c1-12(2)26-18-16(11-23-26)15(10-13(3)24-18)20(28)25-17-7-5-4-6-14(17)19(27)22-9-8-21;;/h4-7,10-12H,8-9,21H2,1-3H3,(H,22,27)(H,25,28);2*1H. The summed E-state index contributed by atoms with van der Waals surface area (Å²) in [5.41, 5.74) is 8.09. The Kier molecular flexibility index (Phi) is 9.22. The lowest BCUT2D eigenvalue weighted by Gasteiger charge is -2.12. The van der Waals surface area contributed by atoms with Crippen LogP contribution in [0.5, 0.6) is 0 Å². The SMILES string of the molecule is Cc1cc(C(=O)Nc2ccccc2C(=O)NCCN)c2cnn(C(C)C)c2n1.Cl.Cl. The quantitative estimate of drug-likeness (QED) is 0.531. The van der Waals surface area contributed by atoms with Crippen LogP contribution in [-0.4, -0.2) is 39.7 Å². The fourth-order valence-electron chi connectivity index (χ4n) is 2.97. The number of rotatable bonds is 6. The number of carbonyl (C=O) groups excluding carboxylic acids is 2. The normalized spacial score (nSPS) is 10.3. The average Bonchev–Trinajstić information content (AvgIpc) is 3.09. The largest absolute Gasteiger partial charge is 0.351 e. The Hall–Kier alpha value is -2.68. The summed E-state index contributed by atoms with van der Waals surface area (Å²) < 4.78 is 1.79. The highest BCUT2D eigenvalue weighted by atomic mass is 35.5. The highest BCUT2D eigenvalue weighted by Crippen LogP contribution is 2.23. The first kappa shape index (κ1) is 25.4. The van der Waals surface area contributed by atoms with E-state index in [1.165, 1.54) is 0 Å². The molecule has 2 amide bonds. The number of para-hydroxylation sites is 1. The lowest BCUT2D eigenvalue weighted by molar-refractivity contribution is 0.0955. The first-order valence-electron chi connectivity index (χ1n) is 9.16. The fourth-order valence-corrected chi connectivity index (χ4v) is 2.97. The number of nitrogens with zero attached hydrogens (tertiary/aromatic N) is 3. The summed E-state index contributed by atoms with van der Waals surface area (Å²) in [4.78, 5) is 29.9. The number of nitrogens with one attached hydrogen (secondary N) is 2. The number of hydrogen-bond acceptors (Lipinski definition) is 5. The van der Waals surface area contributed by atoms with E-state index in [0.29, 0.717) is 46.6 Å². The zero-order chi connectivity index (χ0) is 20.3. The second-order valence-electron chi connectivity index (χ2n) is 6.78. The van der Waals surface area contributed by atoms with Gasteiger partial charge in [0.2, 0.25) is 0 Å². The molecule has 0 aliphatic heterocycles. The Morgan fingerprint density at radius 1 is 1.13 bits per heavy atom. The van der Waals surface area contributed by atoms with Gasteiger partial charge >= 0.3 is 0 Å². The molecule has 4 N–H and O–H groups in total.